The van der Waals surface area contributed by atoms with Gasteiger partial charge >= 0.3 is 0 Å². The number of hydrogen-bond donors (Lipinski definition) is 2. The second-order valence-electron chi connectivity index (χ2n) is 6.30. The number of nitrogens with zero attached hydrogens (tertiary/aromatic N) is 4. The Morgan fingerprint density at radius 3 is 3.12 bits per heavy atom. The van der Waals surface area contributed by atoms with E-state index in [2.05, 4.69) is 32.0 Å². The highest BCUT2D eigenvalue weighted by molar-refractivity contribution is 6.00. The summed E-state index contributed by atoms with van der Waals surface area (Å²) in [7, 11) is 0. The van der Waals surface area contributed by atoms with Gasteiger partial charge in [-0.15, -0.1) is 0 Å². The second-order valence-corrected chi connectivity index (χ2v) is 6.30. The summed E-state index contributed by atoms with van der Waals surface area (Å²) in [5.74, 6) is -0.0222. The molecule has 0 spiro atoms. The van der Waals surface area contributed by atoms with E-state index in [1.54, 1.807) is 0 Å². The van der Waals surface area contributed by atoms with E-state index >= 15 is 0 Å². The van der Waals surface area contributed by atoms with E-state index in [1.165, 1.54) is 5.69 Å². The molecule has 3 heterocycles. The van der Waals surface area contributed by atoms with Crippen LogP contribution in [0, 0.1) is 6.92 Å². The first-order valence-electron chi connectivity index (χ1n) is 8.48. The van der Waals surface area contributed by atoms with E-state index in [4.69, 9.17) is 0 Å². The topological polar surface area (TPSA) is 84.7 Å². The number of nitrogens with one attached hydrogen (secondary N) is 2. The van der Waals surface area contributed by atoms with Gasteiger partial charge in [-0.2, -0.15) is 15.3 Å². The summed E-state index contributed by atoms with van der Waals surface area (Å²) in [5.41, 5.74) is 4.52. The van der Waals surface area contributed by atoms with Gasteiger partial charge < -0.3 is 10.6 Å². The summed E-state index contributed by atoms with van der Waals surface area (Å²) in [6.07, 6.45) is 1.03. The molecule has 0 fully saturated rings. The molecule has 0 aliphatic carbocycles. The molecule has 0 saturated carbocycles. The Hall–Kier alpha value is -2.80. The van der Waals surface area contributed by atoms with E-state index < -0.39 is 0 Å². The lowest BCUT2D eigenvalue weighted by molar-refractivity contribution is -0.116. The van der Waals surface area contributed by atoms with Gasteiger partial charge in [0, 0.05) is 31.3 Å². The van der Waals surface area contributed by atoms with Crippen LogP contribution in [0.15, 0.2) is 30.3 Å². The summed E-state index contributed by atoms with van der Waals surface area (Å²) in [6, 6.07) is 9.67. The van der Waals surface area contributed by atoms with Crippen molar-refractivity contribution in [1.82, 2.24) is 25.3 Å². The number of carbonyl (C=O) groups excluding carboxylic acids is 1. The van der Waals surface area contributed by atoms with Crippen molar-refractivity contribution in [2.45, 2.75) is 32.9 Å². The average Bonchev–Trinajstić information content (AvgIpc) is 3.03. The van der Waals surface area contributed by atoms with Crippen LogP contribution >= 0.6 is 0 Å². The maximum absolute atomic E-state index is 12.4. The molecule has 7 nitrogen and oxygen atoms in total. The Bertz CT molecular complexity index is 909. The predicted octanol–water partition coefficient (Wildman–Crippen LogP) is 1.81. The fourth-order valence-electron chi connectivity index (χ4n) is 3.10. The Morgan fingerprint density at radius 2 is 2.24 bits per heavy atom. The average molecular weight is 336 g/mol. The number of amides is 1. The van der Waals surface area contributed by atoms with Gasteiger partial charge in [0.05, 0.1) is 34.8 Å². The number of aromatic nitrogens is 4. The second kappa shape index (κ2) is 6.60. The number of aryl methyl sites for hydroxylation is 2. The van der Waals surface area contributed by atoms with Gasteiger partial charge in [0.25, 0.3) is 0 Å². The molecule has 7 heteroatoms. The zero-order valence-electron chi connectivity index (χ0n) is 14.1. The van der Waals surface area contributed by atoms with Gasteiger partial charge in [-0.3, -0.25) is 9.48 Å². The minimum Gasteiger partial charge on any atom is -0.325 e. The lowest BCUT2D eigenvalue weighted by Crippen LogP contribution is -2.28. The minimum absolute atomic E-state index is 0.0222. The van der Waals surface area contributed by atoms with Crippen LogP contribution in [0.3, 0.4) is 0 Å². The highest BCUT2D eigenvalue weighted by Crippen LogP contribution is 2.22. The molecule has 1 aliphatic rings. The fourth-order valence-corrected chi connectivity index (χ4v) is 3.10. The van der Waals surface area contributed by atoms with E-state index in [0.29, 0.717) is 12.8 Å². The molecule has 0 radical (unpaired) electrons. The van der Waals surface area contributed by atoms with E-state index in [1.807, 2.05) is 35.9 Å². The normalized spacial score (nSPS) is 13.6. The van der Waals surface area contributed by atoms with Crippen molar-refractivity contribution in [3.05, 3.63) is 47.4 Å². The number of benzene rings is 1. The van der Waals surface area contributed by atoms with Gasteiger partial charge in [-0.05, 0) is 31.2 Å². The minimum atomic E-state index is -0.0222. The number of anilines is 1. The molecule has 0 atom stereocenters. The van der Waals surface area contributed by atoms with Crippen LogP contribution in [0.1, 0.15) is 23.5 Å². The molecule has 0 bridgehead atoms. The first kappa shape index (κ1) is 15.7. The molecule has 0 unspecified atom stereocenters. The van der Waals surface area contributed by atoms with Crippen molar-refractivity contribution in [2.75, 3.05) is 11.9 Å². The number of fused-ring (bicyclic) bond motifs is 2. The third kappa shape index (κ3) is 3.36. The molecular formula is C18H20N6O. The van der Waals surface area contributed by atoms with Crippen molar-refractivity contribution in [1.29, 1.82) is 0 Å². The molecule has 4 rings (SSSR count). The molecule has 1 aliphatic heterocycles. The van der Waals surface area contributed by atoms with Gasteiger partial charge in [0.1, 0.15) is 0 Å². The largest absolute Gasteiger partial charge is 0.325 e. The molecule has 1 aromatic carbocycles. The van der Waals surface area contributed by atoms with Crippen LogP contribution in [0.4, 0.5) is 5.69 Å². The lowest BCUT2D eigenvalue weighted by atomic mass is 10.1. The maximum Gasteiger partial charge on any atom is 0.224 e. The molecule has 2 aromatic heterocycles. The first-order chi connectivity index (χ1) is 12.2. The van der Waals surface area contributed by atoms with Crippen molar-refractivity contribution in [2.24, 2.45) is 0 Å². The van der Waals surface area contributed by atoms with Crippen molar-refractivity contribution < 1.29 is 4.79 Å². The van der Waals surface area contributed by atoms with Crippen LogP contribution in [-0.2, 0) is 24.3 Å². The molecule has 0 saturated heterocycles. The number of hydrogen-bond acceptors (Lipinski definition) is 5. The molecule has 128 valence electrons. The van der Waals surface area contributed by atoms with Crippen LogP contribution in [0.25, 0.3) is 10.9 Å². The standard InChI is InChI=1S/C18H20N6O/c1-12-9-15-16(3-2-4-17(15)22-21-12)20-18(25)6-5-13-10-14-11-19-7-8-24(14)23-13/h2-4,9-10,19H,5-8,11H2,1H3,(H,20,25). The Kier molecular flexibility index (Phi) is 4.15. The zero-order valence-corrected chi connectivity index (χ0v) is 14.1. The molecule has 25 heavy (non-hydrogen) atoms. The van der Waals surface area contributed by atoms with Gasteiger partial charge in [0.15, 0.2) is 0 Å². The monoisotopic (exact) mass is 336 g/mol. The first-order valence-corrected chi connectivity index (χ1v) is 8.48. The van der Waals surface area contributed by atoms with Crippen molar-refractivity contribution in [3.63, 3.8) is 0 Å². The van der Waals surface area contributed by atoms with E-state index in [-0.39, 0.29) is 5.91 Å². The summed E-state index contributed by atoms with van der Waals surface area (Å²) >= 11 is 0. The highest BCUT2D eigenvalue weighted by Gasteiger charge is 2.13. The van der Waals surface area contributed by atoms with Crippen LogP contribution in [-0.4, -0.2) is 32.4 Å². The van der Waals surface area contributed by atoms with Gasteiger partial charge in [0.2, 0.25) is 5.91 Å². The SMILES string of the molecule is Cc1cc2c(NC(=O)CCc3cc4n(n3)CCNC4)cccc2nn1. The Morgan fingerprint density at radius 1 is 1.32 bits per heavy atom. The number of carbonyl (C=O) groups is 1. The van der Waals surface area contributed by atoms with Gasteiger partial charge in [-0.1, -0.05) is 6.07 Å². The van der Waals surface area contributed by atoms with Crippen LogP contribution in [0.5, 0.6) is 0 Å². The van der Waals surface area contributed by atoms with Crippen LogP contribution in [0.2, 0.25) is 0 Å². The highest BCUT2D eigenvalue weighted by atomic mass is 16.1. The van der Waals surface area contributed by atoms with Crippen LogP contribution < -0.4 is 10.6 Å². The van der Waals surface area contributed by atoms with E-state index in [9.17, 15) is 4.79 Å². The zero-order chi connectivity index (χ0) is 17.2. The molecule has 1 amide bonds. The smallest absolute Gasteiger partial charge is 0.224 e. The van der Waals surface area contributed by atoms with Crippen molar-refractivity contribution in [3.8, 4) is 0 Å². The van der Waals surface area contributed by atoms with Crippen molar-refractivity contribution >= 4 is 22.5 Å². The van der Waals surface area contributed by atoms with Gasteiger partial charge in [-0.25, -0.2) is 0 Å². The predicted molar refractivity (Wildman–Crippen MR) is 95.2 cm³/mol. The number of rotatable bonds is 4. The third-order valence-electron chi connectivity index (χ3n) is 4.35. The Labute approximate surface area is 145 Å². The van der Waals surface area contributed by atoms with E-state index in [0.717, 1.165) is 47.6 Å². The maximum atomic E-state index is 12.4. The third-order valence-corrected chi connectivity index (χ3v) is 4.35. The summed E-state index contributed by atoms with van der Waals surface area (Å²) in [5, 5.41) is 20.0. The molecule has 2 N–H and O–H groups in total. The Balaban J connectivity index is 1.44. The molecule has 3 aromatic rings. The lowest BCUT2D eigenvalue weighted by Gasteiger charge is -2.13. The summed E-state index contributed by atoms with van der Waals surface area (Å²) in [6.45, 7) is 4.56. The quantitative estimate of drug-likeness (QED) is 0.759. The fraction of sp³-hybridized carbons (Fsp3) is 0.333. The molecular weight excluding hydrogens is 316 g/mol. The summed E-state index contributed by atoms with van der Waals surface area (Å²) < 4.78 is 2.02. The summed E-state index contributed by atoms with van der Waals surface area (Å²) in [4.78, 5) is 12.4.